The van der Waals surface area contributed by atoms with Crippen LogP contribution in [0.2, 0.25) is 10.0 Å². The zero-order valence-corrected chi connectivity index (χ0v) is 12.9. The zero-order chi connectivity index (χ0) is 13.2. The molecule has 0 saturated carbocycles. The number of hydrogen-bond donors (Lipinski definition) is 0. The second-order valence-corrected chi connectivity index (χ2v) is 5.80. The van der Waals surface area contributed by atoms with E-state index in [0.717, 1.165) is 16.5 Å². The van der Waals surface area contributed by atoms with Crippen molar-refractivity contribution in [3.63, 3.8) is 0 Å². The highest BCUT2D eigenvalue weighted by Crippen LogP contribution is 2.22. The Bertz CT molecular complexity index is 334. The lowest BCUT2D eigenvalue weighted by Crippen LogP contribution is -1.88. The molecule has 0 nitrogen and oxygen atoms in total. The zero-order valence-electron chi connectivity index (χ0n) is 11.4. The lowest BCUT2D eigenvalue weighted by molar-refractivity contribution is 0.575. The van der Waals surface area contributed by atoms with Crippen LogP contribution in [-0.2, 0) is 6.42 Å². The molecule has 1 aromatic rings. The van der Waals surface area contributed by atoms with Crippen LogP contribution in [-0.4, -0.2) is 0 Å². The van der Waals surface area contributed by atoms with Gasteiger partial charge in [0.05, 0.1) is 0 Å². The van der Waals surface area contributed by atoms with E-state index in [0.29, 0.717) is 0 Å². The van der Waals surface area contributed by atoms with Gasteiger partial charge in [0, 0.05) is 10.0 Å². The van der Waals surface area contributed by atoms with Gasteiger partial charge in [0.1, 0.15) is 0 Å². The molecule has 0 fully saturated rings. The van der Waals surface area contributed by atoms with E-state index in [1.54, 1.807) is 0 Å². The van der Waals surface area contributed by atoms with Crippen LogP contribution in [0.5, 0.6) is 0 Å². The second kappa shape index (κ2) is 9.69. The molecule has 0 amide bonds. The van der Waals surface area contributed by atoms with E-state index in [4.69, 9.17) is 23.2 Å². The van der Waals surface area contributed by atoms with Gasteiger partial charge in [-0.1, -0.05) is 81.1 Å². The van der Waals surface area contributed by atoms with Crippen LogP contribution in [0.1, 0.15) is 63.9 Å². The van der Waals surface area contributed by atoms with E-state index in [-0.39, 0.29) is 0 Å². The first-order valence-electron chi connectivity index (χ1n) is 7.18. The van der Waals surface area contributed by atoms with Gasteiger partial charge in [0.2, 0.25) is 0 Å². The topological polar surface area (TPSA) is 0 Å². The highest BCUT2D eigenvalue weighted by molar-refractivity contribution is 6.35. The standard InChI is InChI=1S/C16H24Cl2/c1-2-3-4-5-6-7-8-9-10-14-11-12-15(17)13-16(14)18/h11-13H,2-10H2,1H3. The molecule has 0 spiro atoms. The normalized spacial score (nSPS) is 10.8. The van der Waals surface area contributed by atoms with E-state index in [2.05, 4.69) is 6.92 Å². The summed E-state index contributed by atoms with van der Waals surface area (Å²) in [5, 5.41) is 1.53. The fourth-order valence-corrected chi connectivity index (χ4v) is 2.68. The van der Waals surface area contributed by atoms with E-state index >= 15 is 0 Å². The summed E-state index contributed by atoms with van der Waals surface area (Å²) in [5.74, 6) is 0. The molecule has 0 atom stereocenters. The first-order chi connectivity index (χ1) is 8.74. The van der Waals surface area contributed by atoms with Crippen LogP contribution in [0.25, 0.3) is 0 Å². The molecular weight excluding hydrogens is 263 g/mol. The van der Waals surface area contributed by atoms with Gasteiger partial charge in [-0.15, -0.1) is 0 Å². The fraction of sp³-hybridized carbons (Fsp3) is 0.625. The van der Waals surface area contributed by atoms with Gasteiger partial charge in [-0.25, -0.2) is 0 Å². The van der Waals surface area contributed by atoms with Gasteiger partial charge in [-0.05, 0) is 30.5 Å². The second-order valence-electron chi connectivity index (χ2n) is 4.96. The molecule has 0 bridgehead atoms. The maximum Gasteiger partial charge on any atom is 0.0452 e. The van der Waals surface area contributed by atoms with Crippen molar-refractivity contribution in [2.24, 2.45) is 0 Å². The Labute approximate surface area is 122 Å². The average Bonchev–Trinajstić information content (AvgIpc) is 2.35. The number of aryl methyl sites for hydroxylation is 1. The Hall–Kier alpha value is -0.200. The Morgan fingerprint density at radius 1 is 0.833 bits per heavy atom. The molecule has 2 heteroatoms. The van der Waals surface area contributed by atoms with Crippen molar-refractivity contribution in [3.05, 3.63) is 33.8 Å². The SMILES string of the molecule is CCCCCCCCCCc1ccc(Cl)cc1Cl. The highest BCUT2D eigenvalue weighted by Gasteiger charge is 2.01. The van der Waals surface area contributed by atoms with Crippen LogP contribution < -0.4 is 0 Å². The lowest BCUT2D eigenvalue weighted by atomic mass is 10.0. The molecule has 0 aliphatic rings. The monoisotopic (exact) mass is 286 g/mol. The van der Waals surface area contributed by atoms with Gasteiger partial charge >= 0.3 is 0 Å². The molecule has 0 unspecified atom stereocenters. The molecule has 0 saturated heterocycles. The number of rotatable bonds is 9. The molecule has 0 radical (unpaired) electrons. The van der Waals surface area contributed by atoms with Crippen molar-refractivity contribution in [2.75, 3.05) is 0 Å². The third-order valence-corrected chi connectivity index (χ3v) is 3.90. The van der Waals surface area contributed by atoms with Crippen LogP contribution in [0, 0.1) is 0 Å². The molecular formula is C16H24Cl2. The molecule has 0 aromatic heterocycles. The highest BCUT2D eigenvalue weighted by atomic mass is 35.5. The van der Waals surface area contributed by atoms with E-state index in [1.807, 2.05) is 18.2 Å². The van der Waals surface area contributed by atoms with Crippen LogP contribution >= 0.6 is 23.2 Å². The van der Waals surface area contributed by atoms with Crippen LogP contribution in [0.15, 0.2) is 18.2 Å². The predicted octanol–water partition coefficient (Wildman–Crippen LogP) is 6.68. The average molecular weight is 287 g/mol. The van der Waals surface area contributed by atoms with Crippen molar-refractivity contribution < 1.29 is 0 Å². The maximum absolute atomic E-state index is 6.14. The predicted molar refractivity (Wildman–Crippen MR) is 82.8 cm³/mol. The molecule has 0 aliphatic carbocycles. The molecule has 0 aliphatic heterocycles. The van der Waals surface area contributed by atoms with Crippen LogP contribution in [0.3, 0.4) is 0 Å². The summed E-state index contributed by atoms with van der Waals surface area (Å²) in [7, 11) is 0. The largest absolute Gasteiger partial charge is 0.0843 e. The van der Waals surface area contributed by atoms with E-state index in [1.165, 1.54) is 56.9 Å². The molecule has 1 aromatic carbocycles. The summed E-state index contributed by atoms with van der Waals surface area (Å²) in [6.45, 7) is 2.26. The van der Waals surface area contributed by atoms with Crippen molar-refractivity contribution >= 4 is 23.2 Å². The molecule has 18 heavy (non-hydrogen) atoms. The minimum Gasteiger partial charge on any atom is -0.0843 e. The van der Waals surface area contributed by atoms with Crippen molar-refractivity contribution in [1.82, 2.24) is 0 Å². The Morgan fingerprint density at radius 2 is 1.44 bits per heavy atom. The third-order valence-electron chi connectivity index (χ3n) is 3.31. The summed E-state index contributed by atoms with van der Waals surface area (Å²) in [4.78, 5) is 0. The summed E-state index contributed by atoms with van der Waals surface area (Å²) in [6, 6.07) is 5.81. The van der Waals surface area contributed by atoms with E-state index in [9.17, 15) is 0 Å². The molecule has 1 rings (SSSR count). The third kappa shape index (κ3) is 6.66. The first-order valence-corrected chi connectivity index (χ1v) is 7.93. The quantitative estimate of drug-likeness (QED) is 0.444. The number of unbranched alkanes of at least 4 members (excludes halogenated alkanes) is 7. The summed E-state index contributed by atoms with van der Waals surface area (Å²) < 4.78 is 0. The lowest BCUT2D eigenvalue weighted by Gasteiger charge is -2.05. The van der Waals surface area contributed by atoms with Crippen molar-refractivity contribution in [3.8, 4) is 0 Å². The van der Waals surface area contributed by atoms with E-state index < -0.39 is 0 Å². The van der Waals surface area contributed by atoms with Crippen molar-refractivity contribution in [2.45, 2.75) is 64.7 Å². The first kappa shape index (κ1) is 15.9. The summed E-state index contributed by atoms with van der Waals surface area (Å²) in [5.41, 5.74) is 1.23. The Morgan fingerprint density at radius 3 is 2.06 bits per heavy atom. The van der Waals surface area contributed by atoms with Gasteiger partial charge in [-0.3, -0.25) is 0 Å². The van der Waals surface area contributed by atoms with Gasteiger partial charge < -0.3 is 0 Å². The molecule has 0 heterocycles. The van der Waals surface area contributed by atoms with Gasteiger partial charge in [0.15, 0.2) is 0 Å². The van der Waals surface area contributed by atoms with Gasteiger partial charge in [0.25, 0.3) is 0 Å². The summed E-state index contributed by atoms with van der Waals surface area (Å²) in [6.07, 6.45) is 11.9. The minimum absolute atomic E-state index is 0.722. The van der Waals surface area contributed by atoms with Gasteiger partial charge in [-0.2, -0.15) is 0 Å². The minimum atomic E-state index is 0.722. The number of halogens is 2. The van der Waals surface area contributed by atoms with Crippen LogP contribution in [0.4, 0.5) is 0 Å². The van der Waals surface area contributed by atoms with Crippen molar-refractivity contribution in [1.29, 1.82) is 0 Å². The molecule has 0 N–H and O–H groups in total. The Balaban J connectivity index is 2.07. The summed E-state index contributed by atoms with van der Waals surface area (Å²) >= 11 is 12.0. The number of hydrogen-bond acceptors (Lipinski definition) is 0. The number of benzene rings is 1. The fourth-order valence-electron chi connectivity index (χ4n) is 2.17. The smallest absolute Gasteiger partial charge is 0.0452 e. The maximum atomic E-state index is 6.14. The molecule has 102 valence electrons. The Kier molecular flexibility index (Phi) is 8.54.